The van der Waals surface area contributed by atoms with Gasteiger partial charge in [-0.25, -0.2) is 0 Å². The maximum Gasteiger partial charge on any atom is 0.311 e. The molecule has 7 nitrogen and oxygen atoms in total. The Labute approximate surface area is 136 Å². The monoisotopic (exact) mass is 334 g/mol. The highest BCUT2D eigenvalue weighted by Gasteiger charge is 2.17. The SMILES string of the molecule is O=Cc1ccc(OCC(=O)NCCc2cccs2)c([N+](=O)[O-])c1. The van der Waals surface area contributed by atoms with E-state index in [1.165, 1.54) is 12.1 Å². The number of carbonyl (C=O) groups is 2. The third-order valence-corrected chi connectivity index (χ3v) is 3.88. The maximum atomic E-state index is 11.7. The topological polar surface area (TPSA) is 98.5 Å². The first-order chi connectivity index (χ1) is 11.1. The van der Waals surface area contributed by atoms with Gasteiger partial charge in [0.1, 0.15) is 6.29 Å². The number of amides is 1. The number of nitro groups is 1. The normalized spacial score (nSPS) is 10.1. The number of carbonyl (C=O) groups excluding carboxylic acids is 2. The molecule has 0 bridgehead atoms. The molecule has 1 amide bonds. The molecule has 0 radical (unpaired) electrons. The molecule has 23 heavy (non-hydrogen) atoms. The summed E-state index contributed by atoms with van der Waals surface area (Å²) in [4.78, 5) is 33.8. The van der Waals surface area contributed by atoms with Gasteiger partial charge in [-0.15, -0.1) is 11.3 Å². The van der Waals surface area contributed by atoms with Crippen LogP contribution in [0.3, 0.4) is 0 Å². The van der Waals surface area contributed by atoms with E-state index in [0.29, 0.717) is 12.8 Å². The Hall–Kier alpha value is -2.74. The Morgan fingerprint density at radius 1 is 1.39 bits per heavy atom. The average molecular weight is 334 g/mol. The van der Waals surface area contributed by atoms with Crippen molar-refractivity contribution in [2.75, 3.05) is 13.2 Å². The van der Waals surface area contributed by atoms with Crippen molar-refractivity contribution in [2.45, 2.75) is 6.42 Å². The van der Waals surface area contributed by atoms with E-state index in [1.807, 2.05) is 17.5 Å². The van der Waals surface area contributed by atoms with Gasteiger partial charge in [0.25, 0.3) is 5.91 Å². The largest absolute Gasteiger partial charge is 0.477 e. The molecule has 0 aliphatic heterocycles. The number of ether oxygens (including phenoxy) is 1. The summed E-state index contributed by atoms with van der Waals surface area (Å²) in [6.45, 7) is 0.139. The summed E-state index contributed by atoms with van der Waals surface area (Å²) in [6, 6.07) is 7.72. The lowest BCUT2D eigenvalue weighted by molar-refractivity contribution is -0.385. The maximum absolute atomic E-state index is 11.7. The van der Waals surface area contributed by atoms with Gasteiger partial charge in [-0.2, -0.15) is 0 Å². The van der Waals surface area contributed by atoms with Gasteiger partial charge in [0, 0.05) is 23.1 Å². The van der Waals surface area contributed by atoms with Gasteiger partial charge in [-0.1, -0.05) is 6.07 Å². The van der Waals surface area contributed by atoms with E-state index in [4.69, 9.17) is 4.74 Å². The van der Waals surface area contributed by atoms with E-state index in [2.05, 4.69) is 5.32 Å². The second-order valence-corrected chi connectivity index (χ2v) is 5.60. The molecule has 0 spiro atoms. The molecule has 1 aromatic heterocycles. The van der Waals surface area contributed by atoms with Crippen LogP contribution in [0.15, 0.2) is 35.7 Å². The van der Waals surface area contributed by atoms with Gasteiger partial charge >= 0.3 is 5.69 Å². The summed E-state index contributed by atoms with van der Waals surface area (Å²) < 4.78 is 5.18. The van der Waals surface area contributed by atoms with Gasteiger partial charge in [-0.3, -0.25) is 19.7 Å². The minimum Gasteiger partial charge on any atom is -0.477 e. The molecule has 0 saturated carbocycles. The van der Waals surface area contributed by atoms with Crippen LogP contribution in [0.4, 0.5) is 5.69 Å². The standard InChI is InChI=1S/C15H14N2O5S/c18-9-11-3-4-14(13(8-11)17(20)21)22-10-15(19)16-6-5-12-2-1-7-23-12/h1-4,7-9H,5-6,10H2,(H,16,19). The summed E-state index contributed by atoms with van der Waals surface area (Å²) in [6.07, 6.45) is 1.23. The zero-order chi connectivity index (χ0) is 16.7. The third kappa shape index (κ3) is 4.89. The molecule has 0 fully saturated rings. The highest BCUT2D eigenvalue weighted by molar-refractivity contribution is 7.09. The van der Waals surface area contributed by atoms with Gasteiger partial charge in [0.05, 0.1) is 4.92 Å². The lowest BCUT2D eigenvalue weighted by atomic mass is 10.2. The number of thiophene rings is 1. The molecule has 0 aliphatic rings. The fourth-order valence-electron chi connectivity index (χ4n) is 1.85. The van der Waals surface area contributed by atoms with Crippen molar-refractivity contribution >= 4 is 29.2 Å². The molecule has 1 aromatic carbocycles. The number of nitrogens with zero attached hydrogens (tertiary/aromatic N) is 1. The lowest BCUT2D eigenvalue weighted by Gasteiger charge is -2.08. The molecule has 2 aromatic rings. The number of hydrogen-bond acceptors (Lipinski definition) is 6. The van der Waals surface area contributed by atoms with Crippen LogP contribution in [0.25, 0.3) is 0 Å². The molecule has 0 atom stereocenters. The van der Waals surface area contributed by atoms with E-state index < -0.39 is 4.92 Å². The van der Waals surface area contributed by atoms with E-state index in [0.717, 1.165) is 17.4 Å². The Kier molecular flexibility index (Phi) is 5.81. The van der Waals surface area contributed by atoms with Crippen LogP contribution in [-0.4, -0.2) is 30.3 Å². The van der Waals surface area contributed by atoms with Crippen LogP contribution < -0.4 is 10.1 Å². The van der Waals surface area contributed by atoms with E-state index in [-0.39, 0.29) is 29.5 Å². The number of aldehydes is 1. The first-order valence-electron chi connectivity index (χ1n) is 6.75. The Bertz CT molecular complexity index is 700. The van der Waals surface area contributed by atoms with Gasteiger partial charge in [0.2, 0.25) is 0 Å². The molecule has 0 aliphatic carbocycles. The van der Waals surface area contributed by atoms with E-state index in [9.17, 15) is 19.7 Å². The molecular formula is C15H14N2O5S. The van der Waals surface area contributed by atoms with Crippen molar-refractivity contribution in [3.05, 3.63) is 56.3 Å². The van der Waals surface area contributed by atoms with Crippen molar-refractivity contribution < 1.29 is 19.2 Å². The molecule has 8 heteroatoms. The quantitative estimate of drug-likeness (QED) is 0.453. The Morgan fingerprint density at radius 2 is 2.22 bits per heavy atom. The summed E-state index contributed by atoms with van der Waals surface area (Å²) in [5, 5.41) is 15.6. The first kappa shape index (κ1) is 16.6. The van der Waals surface area contributed by atoms with E-state index >= 15 is 0 Å². The van der Waals surface area contributed by atoms with E-state index in [1.54, 1.807) is 11.3 Å². The van der Waals surface area contributed by atoms with Crippen LogP contribution in [0.2, 0.25) is 0 Å². The van der Waals surface area contributed by atoms with Gasteiger partial charge < -0.3 is 10.1 Å². The molecule has 2 rings (SSSR count). The highest BCUT2D eigenvalue weighted by atomic mass is 32.1. The van der Waals surface area contributed by atoms with Crippen molar-refractivity contribution in [3.63, 3.8) is 0 Å². The lowest BCUT2D eigenvalue weighted by Crippen LogP contribution is -2.30. The van der Waals surface area contributed by atoms with Crippen LogP contribution in [-0.2, 0) is 11.2 Å². The zero-order valence-electron chi connectivity index (χ0n) is 12.1. The predicted octanol–water partition coefficient (Wildman–Crippen LogP) is 2.21. The fraction of sp³-hybridized carbons (Fsp3) is 0.200. The Balaban J connectivity index is 1.86. The molecule has 0 unspecified atom stereocenters. The van der Waals surface area contributed by atoms with Crippen LogP contribution in [0.5, 0.6) is 5.75 Å². The van der Waals surface area contributed by atoms with Crippen molar-refractivity contribution in [2.24, 2.45) is 0 Å². The number of nitrogens with one attached hydrogen (secondary N) is 1. The number of rotatable bonds is 8. The molecule has 0 saturated heterocycles. The molecular weight excluding hydrogens is 320 g/mol. The third-order valence-electron chi connectivity index (χ3n) is 2.95. The van der Waals surface area contributed by atoms with Gasteiger partial charge in [-0.05, 0) is 30.0 Å². The molecule has 1 heterocycles. The second kappa shape index (κ2) is 8.04. The average Bonchev–Trinajstić information content (AvgIpc) is 3.06. The van der Waals surface area contributed by atoms with Gasteiger partial charge in [0.15, 0.2) is 12.4 Å². The van der Waals surface area contributed by atoms with Crippen LogP contribution in [0.1, 0.15) is 15.2 Å². The summed E-state index contributed by atoms with van der Waals surface area (Å²) >= 11 is 1.61. The fourth-order valence-corrected chi connectivity index (χ4v) is 2.56. The minimum absolute atomic E-state index is 0.0472. The number of benzene rings is 1. The predicted molar refractivity (Wildman–Crippen MR) is 85.0 cm³/mol. The van der Waals surface area contributed by atoms with Crippen LogP contribution >= 0.6 is 11.3 Å². The summed E-state index contributed by atoms with van der Waals surface area (Å²) in [7, 11) is 0. The van der Waals surface area contributed by atoms with Crippen molar-refractivity contribution in [1.82, 2.24) is 5.32 Å². The molecule has 1 N–H and O–H groups in total. The number of hydrogen-bond donors (Lipinski definition) is 1. The number of nitro benzene ring substituents is 1. The van der Waals surface area contributed by atoms with Crippen molar-refractivity contribution in [1.29, 1.82) is 0 Å². The zero-order valence-corrected chi connectivity index (χ0v) is 12.9. The van der Waals surface area contributed by atoms with Crippen LogP contribution in [0, 0.1) is 10.1 Å². The summed E-state index contributed by atoms with van der Waals surface area (Å²) in [5.74, 6) is -0.413. The smallest absolute Gasteiger partial charge is 0.311 e. The summed E-state index contributed by atoms with van der Waals surface area (Å²) in [5.41, 5.74) is -0.176. The molecule has 120 valence electrons. The second-order valence-electron chi connectivity index (χ2n) is 4.57. The highest BCUT2D eigenvalue weighted by Crippen LogP contribution is 2.27. The van der Waals surface area contributed by atoms with Crippen molar-refractivity contribution in [3.8, 4) is 5.75 Å². The first-order valence-corrected chi connectivity index (χ1v) is 7.63. The Morgan fingerprint density at radius 3 is 2.87 bits per heavy atom. The minimum atomic E-state index is -0.656.